The molecular weight excluding hydrogens is 350 g/mol. The fourth-order valence-electron chi connectivity index (χ4n) is 3.67. The van der Waals surface area contributed by atoms with E-state index in [1.54, 1.807) is 11.6 Å². The van der Waals surface area contributed by atoms with Crippen LogP contribution in [0.25, 0.3) is 21.9 Å². The van der Waals surface area contributed by atoms with Crippen molar-refractivity contribution < 1.29 is 9.84 Å². The van der Waals surface area contributed by atoms with E-state index in [1.807, 2.05) is 45.0 Å². The van der Waals surface area contributed by atoms with Gasteiger partial charge in [0.25, 0.3) is 5.56 Å². The van der Waals surface area contributed by atoms with Crippen LogP contribution in [0.5, 0.6) is 0 Å². The number of hydrogen-bond acceptors (Lipinski definition) is 3. The van der Waals surface area contributed by atoms with Gasteiger partial charge in [0.1, 0.15) is 6.10 Å². The van der Waals surface area contributed by atoms with E-state index >= 15 is 0 Å². The van der Waals surface area contributed by atoms with Gasteiger partial charge in [0.2, 0.25) is 0 Å². The molecule has 1 N–H and O–H groups in total. The molecule has 0 saturated carbocycles. The Balaban J connectivity index is 2.43. The van der Waals surface area contributed by atoms with Crippen LogP contribution >= 0.6 is 0 Å². The molecule has 1 atom stereocenters. The molecule has 4 nitrogen and oxygen atoms in total. The maximum Gasteiger partial charge on any atom is 0.258 e. The van der Waals surface area contributed by atoms with Gasteiger partial charge in [0, 0.05) is 18.0 Å². The fraction of sp³-hybridized carbons (Fsp3) is 0.375. The smallest absolute Gasteiger partial charge is 0.258 e. The summed E-state index contributed by atoms with van der Waals surface area (Å²) < 4.78 is 7.79. The molecule has 0 fully saturated rings. The Morgan fingerprint density at radius 2 is 1.68 bits per heavy atom. The van der Waals surface area contributed by atoms with Gasteiger partial charge in [0.15, 0.2) is 0 Å². The van der Waals surface area contributed by atoms with Crippen LogP contribution in [0.3, 0.4) is 0 Å². The predicted octanol–water partition coefficient (Wildman–Crippen LogP) is 4.67. The minimum Gasteiger partial charge on any atom is -0.393 e. The molecule has 0 spiro atoms. The number of benzene rings is 2. The number of rotatable bonds is 4. The Bertz CT molecular complexity index is 1070. The van der Waals surface area contributed by atoms with Crippen molar-refractivity contribution in [2.45, 2.75) is 46.3 Å². The third kappa shape index (κ3) is 3.75. The summed E-state index contributed by atoms with van der Waals surface area (Å²) in [7, 11) is 1.75. The standard InChI is InChI=1S/C24H29NO3/c1-15-11-12-17(13-16(15)2)21-18-9-7-8-10-19(18)23(27)25(6)22(21)20(14-26)28-24(3,4)5/h7-13,20,26H,14H2,1-6H3. The van der Waals surface area contributed by atoms with Gasteiger partial charge in [-0.15, -0.1) is 0 Å². The van der Waals surface area contributed by atoms with Crippen LogP contribution in [0.15, 0.2) is 47.3 Å². The van der Waals surface area contributed by atoms with E-state index in [4.69, 9.17) is 4.74 Å². The minimum absolute atomic E-state index is 0.0888. The van der Waals surface area contributed by atoms with Crippen LogP contribution in [0, 0.1) is 13.8 Å². The van der Waals surface area contributed by atoms with Gasteiger partial charge in [-0.25, -0.2) is 0 Å². The summed E-state index contributed by atoms with van der Waals surface area (Å²) in [4.78, 5) is 13.1. The van der Waals surface area contributed by atoms with Gasteiger partial charge in [-0.05, 0) is 62.8 Å². The highest BCUT2D eigenvalue weighted by molar-refractivity contribution is 5.97. The van der Waals surface area contributed by atoms with Crippen molar-refractivity contribution in [3.8, 4) is 11.1 Å². The highest BCUT2D eigenvalue weighted by Gasteiger charge is 2.27. The third-order valence-electron chi connectivity index (χ3n) is 5.11. The van der Waals surface area contributed by atoms with Crippen molar-refractivity contribution in [3.63, 3.8) is 0 Å². The summed E-state index contributed by atoms with van der Waals surface area (Å²) in [6.07, 6.45) is -0.612. The average Bonchev–Trinajstić information content (AvgIpc) is 2.64. The number of ether oxygens (including phenoxy) is 1. The molecular formula is C24H29NO3. The van der Waals surface area contributed by atoms with E-state index in [9.17, 15) is 9.90 Å². The summed E-state index contributed by atoms with van der Waals surface area (Å²) in [6, 6.07) is 13.9. The zero-order valence-electron chi connectivity index (χ0n) is 17.5. The van der Waals surface area contributed by atoms with Crippen molar-refractivity contribution in [1.82, 2.24) is 4.57 Å². The molecule has 0 bridgehead atoms. The first kappa shape index (κ1) is 20.3. The quantitative estimate of drug-likeness (QED) is 0.717. The summed E-state index contributed by atoms with van der Waals surface area (Å²) in [5.41, 5.74) is 4.49. The van der Waals surface area contributed by atoms with E-state index in [1.165, 1.54) is 11.1 Å². The Morgan fingerprint density at radius 3 is 2.25 bits per heavy atom. The van der Waals surface area contributed by atoms with Crippen LogP contribution in [-0.4, -0.2) is 21.9 Å². The minimum atomic E-state index is -0.612. The SMILES string of the molecule is Cc1ccc(-c2c(C(CO)OC(C)(C)C)n(C)c(=O)c3ccccc23)cc1C. The molecule has 0 radical (unpaired) electrons. The second-order valence-corrected chi connectivity index (χ2v) is 8.37. The molecule has 2 aromatic carbocycles. The van der Waals surface area contributed by atoms with Gasteiger partial charge in [-0.1, -0.05) is 36.4 Å². The molecule has 0 saturated heterocycles. The van der Waals surface area contributed by atoms with E-state index in [-0.39, 0.29) is 12.2 Å². The van der Waals surface area contributed by atoms with Crippen LogP contribution < -0.4 is 5.56 Å². The summed E-state index contributed by atoms with van der Waals surface area (Å²) in [5, 5.41) is 11.7. The summed E-state index contributed by atoms with van der Waals surface area (Å²) in [5.74, 6) is 0. The Kier molecular flexibility index (Phi) is 5.46. The van der Waals surface area contributed by atoms with E-state index in [0.29, 0.717) is 11.1 Å². The van der Waals surface area contributed by atoms with Crippen molar-refractivity contribution in [2.75, 3.05) is 6.61 Å². The number of aliphatic hydroxyl groups is 1. The van der Waals surface area contributed by atoms with Crippen LogP contribution in [0.2, 0.25) is 0 Å². The molecule has 1 unspecified atom stereocenters. The van der Waals surface area contributed by atoms with Crippen LogP contribution in [-0.2, 0) is 11.8 Å². The van der Waals surface area contributed by atoms with Gasteiger partial charge in [0.05, 0.1) is 17.9 Å². The molecule has 1 aromatic heterocycles. The van der Waals surface area contributed by atoms with E-state index in [2.05, 4.69) is 32.0 Å². The third-order valence-corrected chi connectivity index (χ3v) is 5.11. The highest BCUT2D eigenvalue weighted by Crippen LogP contribution is 2.36. The Morgan fingerprint density at radius 1 is 1.04 bits per heavy atom. The molecule has 0 aliphatic carbocycles. The van der Waals surface area contributed by atoms with Crippen LogP contribution in [0.1, 0.15) is 43.7 Å². The number of aliphatic hydroxyl groups excluding tert-OH is 1. The van der Waals surface area contributed by atoms with Crippen LogP contribution in [0.4, 0.5) is 0 Å². The zero-order valence-corrected chi connectivity index (χ0v) is 17.5. The molecule has 1 heterocycles. The van der Waals surface area contributed by atoms with Crippen molar-refractivity contribution >= 4 is 10.8 Å². The second-order valence-electron chi connectivity index (χ2n) is 8.37. The lowest BCUT2D eigenvalue weighted by Gasteiger charge is -2.30. The zero-order chi connectivity index (χ0) is 20.6. The molecule has 3 rings (SSSR count). The number of aryl methyl sites for hydroxylation is 2. The normalized spacial score (nSPS) is 13.1. The monoisotopic (exact) mass is 379 g/mol. The summed E-state index contributed by atoms with van der Waals surface area (Å²) >= 11 is 0. The fourth-order valence-corrected chi connectivity index (χ4v) is 3.67. The number of fused-ring (bicyclic) bond motifs is 1. The van der Waals surface area contributed by atoms with Crippen molar-refractivity contribution in [1.29, 1.82) is 0 Å². The van der Waals surface area contributed by atoms with Gasteiger partial charge in [-0.2, -0.15) is 0 Å². The second kappa shape index (κ2) is 7.53. The summed E-state index contributed by atoms with van der Waals surface area (Å²) in [6.45, 7) is 9.80. The largest absolute Gasteiger partial charge is 0.393 e. The first-order valence-corrected chi connectivity index (χ1v) is 9.62. The average molecular weight is 380 g/mol. The lowest BCUT2D eigenvalue weighted by atomic mass is 9.92. The Labute approximate surface area is 166 Å². The van der Waals surface area contributed by atoms with Crippen molar-refractivity contribution in [2.24, 2.45) is 7.05 Å². The van der Waals surface area contributed by atoms with Gasteiger partial charge in [-0.3, -0.25) is 4.79 Å². The maximum absolute atomic E-state index is 13.1. The molecule has 4 heteroatoms. The van der Waals surface area contributed by atoms with Gasteiger partial charge >= 0.3 is 0 Å². The molecule has 3 aromatic rings. The first-order chi connectivity index (χ1) is 13.1. The molecule has 148 valence electrons. The van der Waals surface area contributed by atoms with E-state index < -0.39 is 11.7 Å². The lowest BCUT2D eigenvalue weighted by molar-refractivity contribution is -0.0850. The maximum atomic E-state index is 13.1. The number of nitrogens with zero attached hydrogens (tertiary/aromatic N) is 1. The van der Waals surface area contributed by atoms with Crippen molar-refractivity contribution in [3.05, 3.63) is 69.6 Å². The number of hydrogen-bond donors (Lipinski definition) is 1. The van der Waals surface area contributed by atoms with E-state index in [0.717, 1.165) is 16.5 Å². The highest BCUT2D eigenvalue weighted by atomic mass is 16.5. The number of pyridine rings is 1. The number of aromatic nitrogens is 1. The van der Waals surface area contributed by atoms with Gasteiger partial charge < -0.3 is 14.4 Å². The first-order valence-electron chi connectivity index (χ1n) is 9.62. The lowest BCUT2D eigenvalue weighted by Crippen LogP contribution is -2.30. The predicted molar refractivity (Wildman–Crippen MR) is 115 cm³/mol. The molecule has 28 heavy (non-hydrogen) atoms. The molecule has 0 amide bonds. The molecule has 0 aliphatic heterocycles. The topological polar surface area (TPSA) is 51.5 Å². The Hall–Kier alpha value is -2.43. The molecule has 0 aliphatic rings.